The van der Waals surface area contributed by atoms with Gasteiger partial charge in [0.15, 0.2) is 11.6 Å². The molecular formula is C20H17ClN6O2. The minimum atomic E-state index is -0.675. The zero-order valence-corrected chi connectivity index (χ0v) is 16.0. The van der Waals surface area contributed by atoms with Crippen LogP contribution in [0, 0.1) is 0 Å². The van der Waals surface area contributed by atoms with Crippen molar-refractivity contribution in [3.8, 4) is 11.3 Å². The highest BCUT2D eigenvalue weighted by Crippen LogP contribution is 2.40. The van der Waals surface area contributed by atoms with Crippen LogP contribution in [0.1, 0.15) is 0 Å². The van der Waals surface area contributed by atoms with E-state index in [4.69, 9.17) is 16.6 Å². The molecule has 4 heterocycles. The first kappa shape index (κ1) is 17.8. The van der Waals surface area contributed by atoms with Crippen LogP contribution in [0.2, 0.25) is 5.02 Å². The van der Waals surface area contributed by atoms with E-state index in [0.29, 0.717) is 35.4 Å². The van der Waals surface area contributed by atoms with Gasteiger partial charge in [-0.15, -0.1) is 5.10 Å². The van der Waals surface area contributed by atoms with Crippen LogP contribution in [-0.2, 0) is 0 Å². The number of amides is 2. The monoisotopic (exact) mass is 408 g/mol. The molecule has 2 bridgehead atoms. The third-order valence-electron chi connectivity index (χ3n) is 5.16. The van der Waals surface area contributed by atoms with Crippen molar-refractivity contribution in [1.82, 2.24) is 15.2 Å². The van der Waals surface area contributed by atoms with Crippen LogP contribution in [0.25, 0.3) is 11.3 Å². The first-order valence-corrected chi connectivity index (χ1v) is 9.56. The smallest absolute Gasteiger partial charge is 0.329 e. The summed E-state index contributed by atoms with van der Waals surface area (Å²) in [5.41, 5.74) is 2.35. The fraction of sp³-hybridized carbons (Fsp3) is 0.200. The van der Waals surface area contributed by atoms with Gasteiger partial charge in [0, 0.05) is 29.9 Å². The predicted molar refractivity (Wildman–Crippen MR) is 110 cm³/mol. The second-order valence-corrected chi connectivity index (χ2v) is 7.43. The van der Waals surface area contributed by atoms with E-state index >= 15 is 0 Å². The highest BCUT2D eigenvalue weighted by Gasteiger charge is 2.45. The summed E-state index contributed by atoms with van der Waals surface area (Å²) in [5.74, 6) is 0.830. The fourth-order valence-electron chi connectivity index (χ4n) is 3.84. The lowest BCUT2D eigenvalue weighted by atomic mass is 10.1. The van der Waals surface area contributed by atoms with E-state index in [1.807, 2.05) is 35.2 Å². The number of aliphatic hydroxyl groups is 1. The average Bonchev–Trinajstić information content (AvgIpc) is 3.05. The van der Waals surface area contributed by atoms with Gasteiger partial charge in [0.25, 0.3) is 0 Å². The number of nitrogens with one attached hydrogen (secondary N) is 1. The standard InChI is InChI=1S/C20H17ClN6O2/c21-13-4-1-3-12(9-13)14-6-7-15-19(23-14)27(16-10-26(15)11-17(16)28)20(29)24-18-5-2-8-22-25-18/h1-9,16-17,28H,10-11H2,(H,24,25,29)/t16-,17-/m1/s1. The molecule has 1 aromatic carbocycles. The number of hydrogen-bond donors (Lipinski definition) is 2. The normalized spacial score (nSPS) is 19.8. The molecule has 146 valence electrons. The number of pyridine rings is 1. The molecule has 29 heavy (non-hydrogen) atoms. The first-order chi connectivity index (χ1) is 14.1. The summed E-state index contributed by atoms with van der Waals surface area (Å²) >= 11 is 6.13. The summed E-state index contributed by atoms with van der Waals surface area (Å²) in [4.78, 5) is 21.5. The van der Waals surface area contributed by atoms with Gasteiger partial charge in [-0.1, -0.05) is 23.7 Å². The largest absolute Gasteiger partial charge is 0.389 e. The molecule has 8 nitrogen and oxygen atoms in total. The molecule has 1 fully saturated rings. The fourth-order valence-corrected chi connectivity index (χ4v) is 4.03. The summed E-state index contributed by atoms with van der Waals surface area (Å²) in [7, 11) is 0. The number of benzene rings is 1. The van der Waals surface area contributed by atoms with Crippen molar-refractivity contribution in [2.45, 2.75) is 12.1 Å². The van der Waals surface area contributed by atoms with E-state index in [2.05, 4.69) is 15.5 Å². The molecule has 2 amide bonds. The van der Waals surface area contributed by atoms with Gasteiger partial charge in [-0.2, -0.15) is 5.10 Å². The van der Waals surface area contributed by atoms with Gasteiger partial charge in [0.05, 0.1) is 23.5 Å². The number of fused-ring (bicyclic) bond motifs is 4. The van der Waals surface area contributed by atoms with Crippen molar-refractivity contribution in [2.75, 3.05) is 28.2 Å². The molecule has 0 aliphatic carbocycles. The molecule has 9 heteroatoms. The van der Waals surface area contributed by atoms with Crippen molar-refractivity contribution in [1.29, 1.82) is 0 Å². The number of carbonyl (C=O) groups is 1. The second kappa shape index (κ2) is 6.98. The number of aliphatic hydroxyl groups excluding tert-OH is 1. The quantitative estimate of drug-likeness (QED) is 0.677. The molecule has 0 spiro atoms. The van der Waals surface area contributed by atoms with Crippen molar-refractivity contribution in [3.05, 3.63) is 59.8 Å². The lowest BCUT2D eigenvalue weighted by Gasteiger charge is -2.36. The number of hydrogen-bond acceptors (Lipinski definition) is 6. The Hall–Kier alpha value is -3.23. The predicted octanol–water partition coefficient (Wildman–Crippen LogP) is 2.79. The van der Waals surface area contributed by atoms with Crippen molar-refractivity contribution < 1.29 is 9.90 Å². The van der Waals surface area contributed by atoms with Crippen molar-refractivity contribution in [2.24, 2.45) is 0 Å². The zero-order chi connectivity index (χ0) is 20.0. The summed E-state index contributed by atoms with van der Waals surface area (Å²) in [5, 5.41) is 21.6. The van der Waals surface area contributed by atoms with Gasteiger partial charge in [-0.3, -0.25) is 10.2 Å². The number of anilines is 3. The number of nitrogens with zero attached hydrogens (tertiary/aromatic N) is 5. The summed E-state index contributed by atoms with van der Waals surface area (Å²) < 4.78 is 0. The van der Waals surface area contributed by atoms with Gasteiger partial charge in [0.2, 0.25) is 0 Å². The second-order valence-electron chi connectivity index (χ2n) is 7.00. The van der Waals surface area contributed by atoms with Gasteiger partial charge in [-0.05, 0) is 36.4 Å². The van der Waals surface area contributed by atoms with E-state index < -0.39 is 18.2 Å². The Bertz CT molecular complexity index is 1080. The van der Waals surface area contributed by atoms with Crippen LogP contribution < -0.4 is 15.1 Å². The molecular weight excluding hydrogens is 392 g/mol. The number of aromatic nitrogens is 3. The van der Waals surface area contributed by atoms with E-state index in [1.54, 1.807) is 18.2 Å². The molecule has 2 aliphatic rings. The Morgan fingerprint density at radius 1 is 1.17 bits per heavy atom. The maximum Gasteiger partial charge on any atom is 0.329 e. The van der Waals surface area contributed by atoms with Gasteiger partial charge in [-0.25, -0.2) is 9.78 Å². The minimum Gasteiger partial charge on any atom is -0.389 e. The number of urea groups is 1. The third kappa shape index (κ3) is 3.16. The maximum absolute atomic E-state index is 13.1. The molecule has 0 unspecified atom stereocenters. The number of carbonyl (C=O) groups excluding carboxylic acids is 1. The molecule has 2 aliphatic heterocycles. The Labute approximate surface area is 171 Å². The van der Waals surface area contributed by atoms with Crippen LogP contribution >= 0.6 is 11.6 Å². The lowest BCUT2D eigenvalue weighted by Crippen LogP contribution is -2.51. The molecule has 0 saturated carbocycles. The molecule has 1 saturated heterocycles. The first-order valence-electron chi connectivity index (χ1n) is 9.18. The molecule has 5 rings (SSSR count). The van der Waals surface area contributed by atoms with Crippen molar-refractivity contribution in [3.63, 3.8) is 0 Å². The van der Waals surface area contributed by atoms with Crippen LogP contribution in [0.15, 0.2) is 54.7 Å². The Morgan fingerprint density at radius 3 is 2.86 bits per heavy atom. The summed E-state index contributed by atoms with van der Waals surface area (Å²) in [6.45, 7) is 0.991. The number of halogens is 1. The van der Waals surface area contributed by atoms with Gasteiger partial charge < -0.3 is 10.0 Å². The highest BCUT2D eigenvalue weighted by atomic mass is 35.5. The zero-order valence-electron chi connectivity index (χ0n) is 15.2. The van der Waals surface area contributed by atoms with E-state index in [-0.39, 0.29) is 0 Å². The molecule has 0 radical (unpaired) electrons. The topological polar surface area (TPSA) is 94.5 Å². The van der Waals surface area contributed by atoms with Gasteiger partial charge in [0.1, 0.15) is 0 Å². The lowest BCUT2D eigenvalue weighted by molar-refractivity contribution is 0.176. The van der Waals surface area contributed by atoms with E-state index in [0.717, 1.165) is 11.3 Å². The number of rotatable bonds is 2. The van der Waals surface area contributed by atoms with E-state index in [1.165, 1.54) is 11.1 Å². The summed E-state index contributed by atoms with van der Waals surface area (Å²) in [6, 6.07) is 13.8. The van der Waals surface area contributed by atoms with Crippen molar-refractivity contribution >= 4 is 35.0 Å². The van der Waals surface area contributed by atoms with Crippen LogP contribution in [0.4, 0.5) is 22.1 Å². The third-order valence-corrected chi connectivity index (χ3v) is 5.40. The molecule has 2 atom stereocenters. The highest BCUT2D eigenvalue weighted by molar-refractivity contribution is 6.30. The Kier molecular flexibility index (Phi) is 4.30. The Balaban J connectivity index is 1.57. The molecule has 2 aromatic heterocycles. The van der Waals surface area contributed by atoms with E-state index in [9.17, 15) is 9.90 Å². The van der Waals surface area contributed by atoms with Gasteiger partial charge >= 0.3 is 6.03 Å². The molecule has 3 aromatic rings. The molecule has 2 N–H and O–H groups in total. The SMILES string of the molecule is O=C(Nc1cccnn1)N1c2nc(-c3cccc(Cl)c3)ccc2N2C[C@@H](O)[C@H]1C2. The Morgan fingerprint density at radius 2 is 2.07 bits per heavy atom. The van der Waals surface area contributed by atoms with Crippen LogP contribution in [0.3, 0.4) is 0 Å². The maximum atomic E-state index is 13.1. The van der Waals surface area contributed by atoms with Crippen LogP contribution in [-0.4, -0.2) is 51.6 Å². The average molecular weight is 409 g/mol. The minimum absolute atomic E-state index is 0.333. The summed E-state index contributed by atoms with van der Waals surface area (Å²) in [6.07, 6.45) is 0.856. The van der Waals surface area contributed by atoms with Crippen LogP contribution in [0.5, 0.6) is 0 Å².